The standard InChI is InChI=1S/C15H20FNO/c1-2-18-14-10-13(15(14)7-4-8-15)17-12-6-3-5-11(16)9-12/h3,5-6,9,13-14,17H,2,4,7-8,10H2,1H3. The minimum atomic E-state index is -0.177. The molecular weight excluding hydrogens is 229 g/mol. The first-order valence-corrected chi connectivity index (χ1v) is 6.88. The van der Waals surface area contributed by atoms with Gasteiger partial charge in [0.15, 0.2) is 0 Å². The van der Waals surface area contributed by atoms with Crippen LogP contribution in [0.5, 0.6) is 0 Å². The minimum absolute atomic E-state index is 0.177. The lowest BCUT2D eigenvalue weighted by atomic mass is 9.51. The molecule has 2 saturated carbocycles. The zero-order valence-electron chi connectivity index (χ0n) is 10.8. The maximum absolute atomic E-state index is 13.2. The number of hydrogen-bond acceptors (Lipinski definition) is 2. The number of ether oxygens (including phenoxy) is 1. The van der Waals surface area contributed by atoms with E-state index in [-0.39, 0.29) is 5.82 Å². The average molecular weight is 249 g/mol. The normalized spacial score (nSPS) is 28.6. The van der Waals surface area contributed by atoms with E-state index in [4.69, 9.17) is 4.74 Å². The molecule has 0 aromatic heterocycles. The topological polar surface area (TPSA) is 21.3 Å². The van der Waals surface area contributed by atoms with Crippen LogP contribution in [-0.4, -0.2) is 18.8 Å². The lowest BCUT2D eigenvalue weighted by Crippen LogP contribution is -2.64. The Bertz CT molecular complexity index is 430. The lowest BCUT2D eigenvalue weighted by molar-refractivity contribution is -0.157. The molecule has 1 aromatic rings. The van der Waals surface area contributed by atoms with Gasteiger partial charge in [0, 0.05) is 23.8 Å². The minimum Gasteiger partial charge on any atom is -0.381 e. The van der Waals surface area contributed by atoms with Gasteiger partial charge < -0.3 is 10.1 Å². The van der Waals surface area contributed by atoms with Gasteiger partial charge in [-0.15, -0.1) is 0 Å². The summed E-state index contributed by atoms with van der Waals surface area (Å²) in [7, 11) is 0. The van der Waals surface area contributed by atoms with Crippen molar-refractivity contribution >= 4 is 5.69 Å². The van der Waals surface area contributed by atoms with Crippen molar-refractivity contribution in [2.24, 2.45) is 5.41 Å². The molecule has 1 aromatic carbocycles. The first-order chi connectivity index (χ1) is 8.74. The van der Waals surface area contributed by atoms with Crippen LogP contribution in [-0.2, 0) is 4.74 Å². The van der Waals surface area contributed by atoms with Gasteiger partial charge in [0.05, 0.1) is 6.10 Å². The Kier molecular flexibility index (Phi) is 3.02. The molecule has 2 aliphatic rings. The second-order valence-electron chi connectivity index (χ2n) is 5.47. The van der Waals surface area contributed by atoms with E-state index in [0.29, 0.717) is 17.6 Å². The van der Waals surface area contributed by atoms with Crippen LogP contribution in [0.1, 0.15) is 32.6 Å². The molecule has 3 heteroatoms. The van der Waals surface area contributed by atoms with Gasteiger partial charge in [0.1, 0.15) is 5.82 Å². The summed E-state index contributed by atoms with van der Waals surface area (Å²) in [6.07, 6.45) is 5.23. The van der Waals surface area contributed by atoms with Crippen LogP contribution in [0, 0.1) is 11.2 Å². The summed E-state index contributed by atoms with van der Waals surface area (Å²) < 4.78 is 19.0. The van der Waals surface area contributed by atoms with Crippen LogP contribution in [0.4, 0.5) is 10.1 Å². The monoisotopic (exact) mass is 249 g/mol. The van der Waals surface area contributed by atoms with Crippen LogP contribution >= 0.6 is 0 Å². The van der Waals surface area contributed by atoms with Crippen molar-refractivity contribution in [2.75, 3.05) is 11.9 Å². The van der Waals surface area contributed by atoms with E-state index in [0.717, 1.165) is 18.7 Å². The highest BCUT2D eigenvalue weighted by Crippen LogP contribution is 2.58. The Morgan fingerprint density at radius 1 is 1.44 bits per heavy atom. The third kappa shape index (κ3) is 1.81. The molecule has 1 spiro atoms. The molecule has 0 bridgehead atoms. The number of hydrogen-bond donors (Lipinski definition) is 1. The smallest absolute Gasteiger partial charge is 0.125 e. The summed E-state index contributed by atoms with van der Waals surface area (Å²) in [5, 5.41) is 3.48. The van der Waals surface area contributed by atoms with E-state index in [2.05, 4.69) is 12.2 Å². The number of rotatable bonds is 4. The Hall–Kier alpha value is -1.09. The van der Waals surface area contributed by atoms with E-state index in [1.807, 2.05) is 6.07 Å². The van der Waals surface area contributed by atoms with E-state index >= 15 is 0 Å². The fourth-order valence-corrected chi connectivity index (χ4v) is 3.42. The van der Waals surface area contributed by atoms with E-state index in [1.54, 1.807) is 12.1 Å². The van der Waals surface area contributed by atoms with Crippen molar-refractivity contribution in [3.05, 3.63) is 30.1 Å². The van der Waals surface area contributed by atoms with E-state index in [9.17, 15) is 4.39 Å². The quantitative estimate of drug-likeness (QED) is 0.880. The van der Waals surface area contributed by atoms with Gasteiger partial charge in [-0.05, 0) is 44.4 Å². The number of nitrogens with one attached hydrogen (secondary N) is 1. The molecule has 2 atom stereocenters. The van der Waals surface area contributed by atoms with Crippen molar-refractivity contribution in [3.8, 4) is 0 Å². The Morgan fingerprint density at radius 2 is 2.28 bits per heavy atom. The number of benzene rings is 1. The highest BCUT2D eigenvalue weighted by Gasteiger charge is 2.58. The number of anilines is 1. The maximum Gasteiger partial charge on any atom is 0.125 e. The predicted octanol–water partition coefficient (Wildman–Crippen LogP) is 3.59. The molecule has 0 amide bonds. The van der Waals surface area contributed by atoms with Crippen molar-refractivity contribution in [1.29, 1.82) is 0 Å². The summed E-state index contributed by atoms with van der Waals surface area (Å²) in [5.74, 6) is -0.177. The van der Waals surface area contributed by atoms with Gasteiger partial charge in [0.2, 0.25) is 0 Å². The van der Waals surface area contributed by atoms with Crippen molar-refractivity contribution in [1.82, 2.24) is 0 Å². The fourth-order valence-electron chi connectivity index (χ4n) is 3.42. The molecule has 2 unspecified atom stereocenters. The molecule has 0 radical (unpaired) electrons. The average Bonchev–Trinajstić information content (AvgIpc) is 2.25. The van der Waals surface area contributed by atoms with Crippen LogP contribution in [0.3, 0.4) is 0 Å². The second kappa shape index (κ2) is 4.54. The Labute approximate surface area is 108 Å². The van der Waals surface area contributed by atoms with Crippen LogP contribution in [0.2, 0.25) is 0 Å². The Morgan fingerprint density at radius 3 is 2.89 bits per heavy atom. The highest BCUT2D eigenvalue weighted by atomic mass is 19.1. The maximum atomic E-state index is 13.2. The third-order valence-corrected chi connectivity index (χ3v) is 4.60. The van der Waals surface area contributed by atoms with Crippen LogP contribution < -0.4 is 5.32 Å². The van der Waals surface area contributed by atoms with Gasteiger partial charge in [-0.25, -0.2) is 4.39 Å². The molecule has 2 nitrogen and oxygen atoms in total. The fraction of sp³-hybridized carbons (Fsp3) is 0.600. The van der Waals surface area contributed by atoms with Gasteiger partial charge in [0.25, 0.3) is 0 Å². The molecule has 18 heavy (non-hydrogen) atoms. The molecular formula is C15H20FNO. The summed E-state index contributed by atoms with van der Waals surface area (Å²) in [6.45, 7) is 2.85. The summed E-state index contributed by atoms with van der Waals surface area (Å²) in [4.78, 5) is 0. The molecule has 1 N–H and O–H groups in total. The predicted molar refractivity (Wildman–Crippen MR) is 70.1 cm³/mol. The zero-order valence-corrected chi connectivity index (χ0v) is 10.8. The largest absolute Gasteiger partial charge is 0.381 e. The van der Waals surface area contributed by atoms with Gasteiger partial charge in [-0.3, -0.25) is 0 Å². The third-order valence-electron chi connectivity index (χ3n) is 4.60. The van der Waals surface area contributed by atoms with Crippen LogP contribution in [0.15, 0.2) is 24.3 Å². The number of halogens is 1. The Balaban J connectivity index is 1.68. The van der Waals surface area contributed by atoms with Gasteiger partial charge in [-0.2, -0.15) is 0 Å². The molecule has 2 aliphatic carbocycles. The highest BCUT2D eigenvalue weighted by molar-refractivity contribution is 5.46. The molecule has 0 saturated heterocycles. The van der Waals surface area contributed by atoms with Crippen LogP contribution in [0.25, 0.3) is 0 Å². The molecule has 3 rings (SSSR count). The van der Waals surface area contributed by atoms with Crippen molar-refractivity contribution in [3.63, 3.8) is 0 Å². The SMILES string of the molecule is CCOC1CC(Nc2cccc(F)c2)C12CCC2. The van der Waals surface area contributed by atoms with E-state index < -0.39 is 0 Å². The van der Waals surface area contributed by atoms with Crippen molar-refractivity contribution in [2.45, 2.75) is 44.8 Å². The summed E-state index contributed by atoms with van der Waals surface area (Å²) >= 11 is 0. The molecule has 2 fully saturated rings. The van der Waals surface area contributed by atoms with Gasteiger partial charge in [-0.1, -0.05) is 12.5 Å². The van der Waals surface area contributed by atoms with Gasteiger partial charge >= 0.3 is 0 Å². The summed E-state index contributed by atoms with van der Waals surface area (Å²) in [5.41, 5.74) is 1.21. The molecule has 0 heterocycles. The van der Waals surface area contributed by atoms with E-state index in [1.165, 1.54) is 25.3 Å². The summed E-state index contributed by atoms with van der Waals surface area (Å²) in [6, 6.07) is 7.19. The lowest BCUT2D eigenvalue weighted by Gasteiger charge is -2.61. The second-order valence-corrected chi connectivity index (χ2v) is 5.47. The molecule has 98 valence electrons. The first kappa shape index (κ1) is 12.0. The zero-order chi connectivity index (χ0) is 12.6. The van der Waals surface area contributed by atoms with Crippen molar-refractivity contribution < 1.29 is 9.13 Å². The first-order valence-electron chi connectivity index (χ1n) is 6.88. The molecule has 0 aliphatic heterocycles.